The van der Waals surface area contributed by atoms with Crippen molar-refractivity contribution in [3.05, 3.63) is 328 Å². The standard InChI is InChI=1S/C90H54N4O2/c1-8-24-77-65(16-1)66-17-2-9-25-78(66)91(77)61-44-36-57(37-45-61)55-32-34-56(35-33-55)58-42-50-64(51-43-58)94-81-28-12-5-22-74(81)86-75(54-76-69-20-7-14-31-84(69)96-90(76)88(86)94)70-23-15-29-82-85(70)73-21-4-11-27-80(73)92(82)62-46-38-59(39-47-62)60-40-48-63(49-41-60)93-79-26-10-3-18-67(79)71-52-53-72-68-19-6-13-30-83(68)95-89(72)87(71)93/h1-54H. The number of rotatable bonds is 8. The Labute approximate surface area is 549 Å². The quantitative estimate of drug-likeness (QED) is 0.152. The number of aromatic nitrogens is 4. The van der Waals surface area contributed by atoms with E-state index in [1.807, 2.05) is 6.07 Å². The minimum absolute atomic E-state index is 0.864. The van der Waals surface area contributed by atoms with Crippen LogP contribution in [-0.4, -0.2) is 18.3 Å². The molecule has 96 heavy (non-hydrogen) atoms. The maximum Gasteiger partial charge on any atom is 0.160 e. The van der Waals surface area contributed by atoms with Gasteiger partial charge in [0.2, 0.25) is 0 Å². The Balaban J connectivity index is 0.649. The molecule has 21 aromatic rings. The minimum Gasteiger partial charge on any atom is -0.454 e. The molecule has 0 aliphatic heterocycles. The third-order valence-electron chi connectivity index (χ3n) is 20.4. The van der Waals surface area contributed by atoms with Crippen molar-refractivity contribution in [3.63, 3.8) is 0 Å². The van der Waals surface area contributed by atoms with E-state index in [1.165, 1.54) is 60.0 Å². The van der Waals surface area contributed by atoms with E-state index in [0.29, 0.717) is 0 Å². The lowest BCUT2D eigenvalue weighted by atomic mass is 9.93. The normalized spacial score (nSPS) is 12.2. The molecule has 0 aliphatic rings. The van der Waals surface area contributed by atoms with Gasteiger partial charge in [-0.3, -0.25) is 0 Å². The zero-order chi connectivity index (χ0) is 62.7. The largest absolute Gasteiger partial charge is 0.454 e. The summed E-state index contributed by atoms with van der Waals surface area (Å²) in [7, 11) is 0. The van der Waals surface area contributed by atoms with E-state index >= 15 is 0 Å². The molecule has 0 unspecified atom stereocenters. The van der Waals surface area contributed by atoms with E-state index in [4.69, 9.17) is 8.83 Å². The van der Waals surface area contributed by atoms with Gasteiger partial charge in [0.05, 0.1) is 44.1 Å². The molecule has 0 spiro atoms. The smallest absolute Gasteiger partial charge is 0.160 e. The summed E-state index contributed by atoms with van der Waals surface area (Å²) in [6.07, 6.45) is 0. The Bertz CT molecular complexity index is 6720. The first-order valence-corrected chi connectivity index (χ1v) is 32.9. The van der Waals surface area contributed by atoms with Crippen LogP contribution >= 0.6 is 0 Å². The Morgan fingerprint density at radius 3 is 1.01 bits per heavy atom. The molecule has 0 saturated heterocycles. The van der Waals surface area contributed by atoms with Gasteiger partial charge in [-0.25, -0.2) is 0 Å². The Morgan fingerprint density at radius 2 is 0.510 bits per heavy atom. The number of nitrogens with zero attached hydrogens (tertiary/aromatic N) is 4. The number of hydrogen-bond donors (Lipinski definition) is 0. The molecule has 6 heterocycles. The summed E-state index contributed by atoms with van der Waals surface area (Å²) in [6, 6.07) is 119. The summed E-state index contributed by atoms with van der Waals surface area (Å²) in [6.45, 7) is 0. The molecule has 0 fully saturated rings. The molecule has 0 aliphatic carbocycles. The van der Waals surface area contributed by atoms with E-state index in [0.717, 1.165) is 138 Å². The average Bonchev–Trinajstić information content (AvgIpc) is 2.15. The zero-order valence-electron chi connectivity index (χ0n) is 51.8. The van der Waals surface area contributed by atoms with Crippen LogP contribution in [0.5, 0.6) is 0 Å². The predicted octanol–water partition coefficient (Wildman–Crippen LogP) is 24.5. The highest BCUT2D eigenvalue weighted by molar-refractivity contribution is 6.29. The summed E-state index contributed by atoms with van der Waals surface area (Å²) in [5.41, 5.74) is 26.3. The second-order valence-corrected chi connectivity index (χ2v) is 25.5. The van der Waals surface area contributed by atoms with Crippen LogP contribution in [0.3, 0.4) is 0 Å². The van der Waals surface area contributed by atoms with E-state index < -0.39 is 0 Å². The van der Waals surface area contributed by atoms with Crippen LogP contribution in [0.2, 0.25) is 0 Å². The zero-order valence-corrected chi connectivity index (χ0v) is 51.8. The van der Waals surface area contributed by atoms with Crippen molar-refractivity contribution in [1.82, 2.24) is 18.3 Å². The highest BCUT2D eigenvalue weighted by Crippen LogP contribution is 2.49. The van der Waals surface area contributed by atoms with Gasteiger partial charge in [0.1, 0.15) is 11.2 Å². The lowest BCUT2D eigenvalue weighted by molar-refractivity contribution is 0.670. The number of fused-ring (bicyclic) bond motifs is 20. The maximum atomic E-state index is 7.06. The Morgan fingerprint density at radius 1 is 0.188 bits per heavy atom. The number of para-hydroxylation sites is 7. The van der Waals surface area contributed by atoms with Gasteiger partial charge >= 0.3 is 0 Å². The van der Waals surface area contributed by atoms with Gasteiger partial charge in [0.25, 0.3) is 0 Å². The van der Waals surface area contributed by atoms with Crippen molar-refractivity contribution in [1.29, 1.82) is 0 Å². The van der Waals surface area contributed by atoms with Gasteiger partial charge in [-0.15, -0.1) is 0 Å². The van der Waals surface area contributed by atoms with E-state index in [-0.39, 0.29) is 0 Å². The lowest BCUT2D eigenvalue weighted by Gasteiger charge is -2.13. The van der Waals surface area contributed by atoms with Gasteiger partial charge < -0.3 is 27.1 Å². The first-order valence-electron chi connectivity index (χ1n) is 32.9. The molecule has 0 N–H and O–H groups in total. The molecule has 6 nitrogen and oxygen atoms in total. The molecule has 0 saturated carbocycles. The van der Waals surface area contributed by atoms with Gasteiger partial charge in [-0.05, 0) is 154 Å². The van der Waals surface area contributed by atoms with Crippen molar-refractivity contribution in [2.45, 2.75) is 0 Å². The minimum atomic E-state index is 0.864. The van der Waals surface area contributed by atoms with Crippen LogP contribution in [0.25, 0.3) is 198 Å². The fraction of sp³-hybridized carbons (Fsp3) is 0. The molecule has 0 radical (unpaired) electrons. The van der Waals surface area contributed by atoms with Gasteiger partial charge in [-0.2, -0.15) is 0 Å². The van der Waals surface area contributed by atoms with Crippen LogP contribution < -0.4 is 0 Å². The Kier molecular flexibility index (Phi) is 11.1. The third-order valence-corrected chi connectivity index (χ3v) is 20.4. The van der Waals surface area contributed by atoms with Gasteiger partial charge in [-0.1, -0.05) is 218 Å². The van der Waals surface area contributed by atoms with Crippen LogP contribution in [0.1, 0.15) is 0 Å². The molecule has 0 atom stereocenters. The predicted molar refractivity (Wildman–Crippen MR) is 400 cm³/mol. The molecule has 6 aromatic heterocycles. The van der Waals surface area contributed by atoms with Crippen LogP contribution in [-0.2, 0) is 0 Å². The Hall–Kier alpha value is -12.9. The second kappa shape index (κ2) is 20.3. The van der Waals surface area contributed by atoms with E-state index in [9.17, 15) is 0 Å². The molecule has 0 amide bonds. The van der Waals surface area contributed by atoms with Crippen molar-refractivity contribution in [3.8, 4) is 67.3 Å². The molecule has 0 bridgehead atoms. The molecule has 6 heteroatoms. The van der Waals surface area contributed by atoms with Gasteiger partial charge in [0.15, 0.2) is 11.2 Å². The molecule has 446 valence electrons. The highest BCUT2D eigenvalue weighted by atomic mass is 16.3. The molecule has 21 rings (SSSR count). The van der Waals surface area contributed by atoms with Crippen LogP contribution in [0.4, 0.5) is 0 Å². The summed E-state index contributed by atoms with van der Waals surface area (Å²) >= 11 is 0. The SMILES string of the molecule is c1ccc2c(c1)oc1c2ccc2c3ccccc3n(-c3ccc(-c4ccc(-n5c6ccccc6c6c(-c7cc8c9ccccc9oc8c8c7c7ccccc7n8-c7ccc(-c8ccc(-c9ccc(-n%10c%11ccccc%11c%11ccccc%11%10)cc9)cc8)cc7)cccc65)cc4)cc3)c21. The van der Waals surface area contributed by atoms with Crippen molar-refractivity contribution in [2.75, 3.05) is 0 Å². The summed E-state index contributed by atoms with van der Waals surface area (Å²) in [5.74, 6) is 0. The van der Waals surface area contributed by atoms with Crippen molar-refractivity contribution < 1.29 is 8.83 Å². The summed E-state index contributed by atoms with van der Waals surface area (Å²) in [4.78, 5) is 0. The summed E-state index contributed by atoms with van der Waals surface area (Å²) < 4.78 is 23.3. The van der Waals surface area contributed by atoms with Crippen molar-refractivity contribution >= 4 is 131 Å². The summed E-state index contributed by atoms with van der Waals surface area (Å²) in [5, 5.41) is 14.0. The van der Waals surface area contributed by atoms with Crippen LogP contribution in [0.15, 0.2) is 336 Å². The number of hydrogen-bond acceptors (Lipinski definition) is 2. The topological polar surface area (TPSA) is 46.0 Å². The van der Waals surface area contributed by atoms with Gasteiger partial charge in [0, 0.05) is 87.4 Å². The maximum absolute atomic E-state index is 7.06. The number of furan rings is 2. The second-order valence-electron chi connectivity index (χ2n) is 25.5. The first kappa shape index (κ1) is 52.7. The third kappa shape index (κ3) is 7.63. The monoisotopic (exact) mass is 1220 g/mol. The van der Waals surface area contributed by atoms with Crippen LogP contribution in [0, 0.1) is 0 Å². The lowest BCUT2D eigenvalue weighted by Crippen LogP contribution is -1.95. The van der Waals surface area contributed by atoms with Crippen molar-refractivity contribution in [2.24, 2.45) is 0 Å². The van der Waals surface area contributed by atoms with E-state index in [2.05, 4.69) is 340 Å². The molecular formula is C90H54N4O2. The molecular weight excluding hydrogens is 1170 g/mol. The number of benzene rings is 15. The van der Waals surface area contributed by atoms with E-state index in [1.54, 1.807) is 0 Å². The molecule has 15 aromatic carbocycles. The fourth-order valence-electron chi connectivity index (χ4n) is 16.1. The fourth-order valence-corrected chi connectivity index (χ4v) is 16.1. The highest BCUT2D eigenvalue weighted by Gasteiger charge is 2.26. The first-order chi connectivity index (χ1) is 47.6. The average molecular weight is 1220 g/mol.